The summed E-state index contributed by atoms with van der Waals surface area (Å²) >= 11 is 5.22. The molecule has 0 aliphatic heterocycles. The highest BCUT2D eigenvalue weighted by Gasteiger charge is 2.10. The lowest BCUT2D eigenvalue weighted by Gasteiger charge is -2.04. The zero-order valence-electron chi connectivity index (χ0n) is 10.6. The first-order valence-electron chi connectivity index (χ1n) is 5.60. The van der Waals surface area contributed by atoms with Crippen LogP contribution in [0.3, 0.4) is 0 Å². The number of aromatic nitrogens is 1. The average Bonchev–Trinajstić information content (AvgIpc) is 2.71. The Morgan fingerprint density at radius 1 is 1.44 bits per heavy atom. The number of methoxy groups -OCH3 is 1. The first-order valence-corrected chi connectivity index (χ1v) is 7.21. The molecule has 0 saturated carbocycles. The Balaban J connectivity index is 2.36. The van der Waals surface area contributed by atoms with Gasteiger partial charge in [-0.3, -0.25) is 0 Å². The highest BCUT2D eigenvalue weighted by molar-refractivity contribution is 9.10. The molecule has 0 radical (unpaired) electrons. The maximum Gasteiger partial charge on any atom is 0.133 e. The molecule has 0 aliphatic carbocycles. The summed E-state index contributed by atoms with van der Waals surface area (Å²) in [6.45, 7) is 2.91. The van der Waals surface area contributed by atoms with Crippen molar-refractivity contribution in [3.8, 4) is 16.3 Å². The minimum absolute atomic E-state index is 0.836. The number of nitrogens with one attached hydrogen (secondary N) is 1. The molecule has 0 spiro atoms. The third-order valence-electron chi connectivity index (χ3n) is 2.63. The number of benzene rings is 1. The molecular weight excluding hydrogens is 312 g/mol. The van der Waals surface area contributed by atoms with E-state index in [1.807, 2.05) is 32.2 Å². The molecule has 0 atom stereocenters. The van der Waals surface area contributed by atoms with E-state index in [1.165, 1.54) is 4.88 Å². The van der Waals surface area contributed by atoms with E-state index in [-0.39, 0.29) is 0 Å². The van der Waals surface area contributed by atoms with E-state index in [9.17, 15) is 0 Å². The lowest BCUT2D eigenvalue weighted by atomic mass is 10.2. The van der Waals surface area contributed by atoms with Gasteiger partial charge in [-0.15, -0.1) is 11.3 Å². The Kier molecular flexibility index (Phi) is 4.37. The number of halogens is 1. The van der Waals surface area contributed by atoms with Gasteiger partial charge in [-0.1, -0.05) is 0 Å². The van der Waals surface area contributed by atoms with Crippen molar-refractivity contribution < 1.29 is 4.74 Å². The van der Waals surface area contributed by atoms with Gasteiger partial charge in [-0.2, -0.15) is 0 Å². The van der Waals surface area contributed by atoms with E-state index < -0.39 is 0 Å². The van der Waals surface area contributed by atoms with Crippen molar-refractivity contribution in [1.82, 2.24) is 10.3 Å². The molecular formula is C13H15BrN2OS. The molecule has 1 N–H and O–H groups in total. The smallest absolute Gasteiger partial charge is 0.133 e. The monoisotopic (exact) mass is 326 g/mol. The number of rotatable bonds is 4. The molecule has 0 amide bonds. The molecule has 1 heterocycles. The van der Waals surface area contributed by atoms with Gasteiger partial charge in [-0.25, -0.2) is 4.98 Å². The van der Waals surface area contributed by atoms with Gasteiger partial charge in [0.25, 0.3) is 0 Å². The summed E-state index contributed by atoms with van der Waals surface area (Å²) in [6, 6.07) is 6.03. The minimum Gasteiger partial charge on any atom is -0.496 e. The van der Waals surface area contributed by atoms with Crippen LogP contribution in [0.2, 0.25) is 0 Å². The van der Waals surface area contributed by atoms with Crippen LogP contribution in [-0.4, -0.2) is 19.1 Å². The molecule has 2 aromatic rings. The summed E-state index contributed by atoms with van der Waals surface area (Å²) in [4.78, 5) is 5.89. The fourth-order valence-corrected chi connectivity index (χ4v) is 3.29. The van der Waals surface area contributed by atoms with E-state index in [4.69, 9.17) is 4.74 Å². The summed E-state index contributed by atoms with van der Waals surface area (Å²) in [5, 5.41) is 4.20. The fraction of sp³-hybridized carbons (Fsp3) is 0.308. The van der Waals surface area contributed by atoms with Crippen LogP contribution in [-0.2, 0) is 6.54 Å². The van der Waals surface area contributed by atoms with Crippen molar-refractivity contribution in [3.05, 3.63) is 33.2 Å². The molecule has 0 fully saturated rings. The number of hydrogen-bond donors (Lipinski definition) is 1. The molecule has 0 aliphatic rings. The molecule has 96 valence electrons. The number of thiazole rings is 1. The van der Waals surface area contributed by atoms with Gasteiger partial charge in [0, 0.05) is 17.0 Å². The van der Waals surface area contributed by atoms with Crippen molar-refractivity contribution in [2.24, 2.45) is 0 Å². The molecule has 0 saturated heterocycles. The van der Waals surface area contributed by atoms with Crippen LogP contribution in [0.4, 0.5) is 0 Å². The Labute approximate surface area is 119 Å². The second kappa shape index (κ2) is 5.82. The van der Waals surface area contributed by atoms with Crippen molar-refractivity contribution in [2.45, 2.75) is 13.5 Å². The van der Waals surface area contributed by atoms with Gasteiger partial charge in [-0.05, 0) is 48.1 Å². The lowest BCUT2D eigenvalue weighted by molar-refractivity contribution is 0.412. The third kappa shape index (κ3) is 2.74. The van der Waals surface area contributed by atoms with Gasteiger partial charge < -0.3 is 10.1 Å². The zero-order chi connectivity index (χ0) is 13.1. The standard InChI is InChI=1S/C13H15BrN2OS/c1-8-12(7-15-2)18-13(16-8)9-4-5-11(17-3)10(14)6-9/h4-6,15H,7H2,1-3H3. The number of aryl methyl sites for hydroxylation is 1. The first-order chi connectivity index (χ1) is 8.65. The second-order valence-corrected chi connectivity index (χ2v) is 5.85. The Bertz CT molecular complexity index is 554. The van der Waals surface area contributed by atoms with Crippen LogP contribution in [0.1, 0.15) is 10.6 Å². The van der Waals surface area contributed by atoms with Crippen molar-refractivity contribution in [3.63, 3.8) is 0 Å². The maximum absolute atomic E-state index is 5.23. The van der Waals surface area contributed by atoms with Gasteiger partial charge in [0.15, 0.2) is 0 Å². The minimum atomic E-state index is 0.836. The van der Waals surface area contributed by atoms with Gasteiger partial charge in [0.05, 0.1) is 17.3 Å². The summed E-state index contributed by atoms with van der Waals surface area (Å²) in [5.74, 6) is 0.836. The van der Waals surface area contributed by atoms with Gasteiger partial charge in [0.1, 0.15) is 10.8 Å². The Hall–Kier alpha value is -0.910. The first kappa shape index (κ1) is 13.5. The SMILES string of the molecule is CNCc1sc(-c2ccc(OC)c(Br)c2)nc1C. The molecule has 0 bridgehead atoms. The third-order valence-corrected chi connectivity index (χ3v) is 4.45. The molecule has 1 aromatic carbocycles. The summed E-state index contributed by atoms with van der Waals surface area (Å²) in [5.41, 5.74) is 2.20. The Morgan fingerprint density at radius 3 is 2.83 bits per heavy atom. The van der Waals surface area contributed by atoms with E-state index in [2.05, 4.69) is 26.2 Å². The molecule has 3 nitrogen and oxygen atoms in total. The van der Waals surface area contributed by atoms with E-state index in [1.54, 1.807) is 18.4 Å². The second-order valence-electron chi connectivity index (χ2n) is 3.91. The molecule has 0 unspecified atom stereocenters. The van der Waals surface area contributed by atoms with Crippen LogP contribution in [0.5, 0.6) is 5.75 Å². The van der Waals surface area contributed by atoms with Crippen LogP contribution in [0.25, 0.3) is 10.6 Å². The Morgan fingerprint density at radius 2 is 2.22 bits per heavy atom. The van der Waals surface area contributed by atoms with Crippen molar-refractivity contribution >= 4 is 27.3 Å². The van der Waals surface area contributed by atoms with E-state index >= 15 is 0 Å². The number of nitrogens with zero attached hydrogens (tertiary/aromatic N) is 1. The van der Waals surface area contributed by atoms with Crippen LogP contribution in [0, 0.1) is 6.92 Å². The highest BCUT2D eigenvalue weighted by atomic mass is 79.9. The quantitative estimate of drug-likeness (QED) is 0.931. The summed E-state index contributed by atoms with van der Waals surface area (Å²) in [6.07, 6.45) is 0. The topological polar surface area (TPSA) is 34.1 Å². The predicted molar refractivity (Wildman–Crippen MR) is 79.3 cm³/mol. The fourth-order valence-electron chi connectivity index (χ4n) is 1.68. The molecule has 5 heteroatoms. The van der Waals surface area contributed by atoms with Gasteiger partial charge in [0.2, 0.25) is 0 Å². The van der Waals surface area contributed by atoms with Crippen molar-refractivity contribution in [1.29, 1.82) is 0 Å². The van der Waals surface area contributed by atoms with Crippen LogP contribution < -0.4 is 10.1 Å². The highest BCUT2D eigenvalue weighted by Crippen LogP contribution is 2.33. The predicted octanol–water partition coefficient (Wildman–Crippen LogP) is 3.61. The average molecular weight is 327 g/mol. The largest absolute Gasteiger partial charge is 0.496 e. The summed E-state index contributed by atoms with van der Waals surface area (Å²) < 4.78 is 6.18. The summed E-state index contributed by atoms with van der Waals surface area (Å²) in [7, 11) is 3.61. The number of hydrogen-bond acceptors (Lipinski definition) is 4. The van der Waals surface area contributed by atoms with E-state index in [0.29, 0.717) is 0 Å². The normalized spacial score (nSPS) is 10.7. The van der Waals surface area contributed by atoms with E-state index in [0.717, 1.165) is 33.0 Å². The zero-order valence-corrected chi connectivity index (χ0v) is 13.0. The molecule has 18 heavy (non-hydrogen) atoms. The van der Waals surface area contributed by atoms with Crippen LogP contribution in [0.15, 0.2) is 22.7 Å². The maximum atomic E-state index is 5.23. The van der Waals surface area contributed by atoms with Crippen LogP contribution >= 0.6 is 27.3 Å². The van der Waals surface area contributed by atoms with Crippen molar-refractivity contribution in [2.75, 3.05) is 14.2 Å². The lowest BCUT2D eigenvalue weighted by Crippen LogP contribution is -2.04. The number of ether oxygens (including phenoxy) is 1. The van der Waals surface area contributed by atoms with Gasteiger partial charge >= 0.3 is 0 Å². The molecule has 1 aromatic heterocycles. The molecule has 2 rings (SSSR count).